The molecule has 0 spiro atoms. The summed E-state index contributed by atoms with van der Waals surface area (Å²) in [4.78, 5) is 18.7. The molecular formula is C14H9ClN2O3. The highest BCUT2D eigenvalue weighted by atomic mass is 35.5. The number of hydrogen-bond donors (Lipinski definition) is 2. The summed E-state index contributed by atoms with van der Waals surface area (Å²) in [6.07, 6.45) is 0. The van der Waals surface area contributed by atoms with Gasteiger partial charge in [0.2, 0.25) is 0 Å². The van der Waals surface area contributed by atoms with Crippen LogP contribution in [0.4, 0.5) is 0 Å². The largest absolute Gasteiger partial charge is 0.508 e. The van der Waals surface area contributed by atoms with Crippen molar-refractivity contribution in [2.75, 3.05) is 0 Å². The van der Waals surface area contributed by atoms with Crippen LogP contribution in [0, 0.1) is 0 Å². The summed E-state index contributed by atoms with van der Waals surface area (Å²) in [6, 6.07) is 11.0. The molecule has 0 saturated heterocycles. The van der Waals surface area contributed by atoms with Gasteiger partial charge in [-0.15, -0.1) is 0 Å². The van der Waals surface area contributed by atoms with Gasteiger partial charge in [0.15, 0.2) is 0 Å². The minimum atomic E-state index is -0.451. The number of aromatic hydroxyl groups is 1. The zero-order chi connectivity index (χ0) is 14.1. The molecule has 0 radical (unpaired) electrons. The summed E-state index contributed by atoms with van der Waals surface area (Å²) in [5, 5.41) is 9.71. The van der Waals surface area contributed by atoms with E-state index in [9.17, 15) is 9.90 Å². The predicted molar refractivity (Wildman–Crippen MR) is 75.6 cm³/mol. The highest BCUT2D eigenvalue weighted by molar-refractivity contribution is 6.31. The number of H-pyrrole nitrogens is 1. The molecule has 2 N–H and O–H groups in total. The van der Waals surface area contributed by atoms with Crippen LogP contribution < -0.4 is 10.3 Å². The van der Waals surface area contributed by atoms with Gasteiger partial charge >= 0.3 is 5.56 Å². The van der Waals surface area contributed by atoms with E-state index in [-0.39, 0.29) is 11.6 Å². The Morgan fingerprint density at radius 3 is 2.65 bits per heavy atom. The summed E-state index contributed by atoms with van der Waals surface area (Å²) < 4.78 is 5.40. The van der Waals surface area contributed by atoms with Crippen molar-refractivity contribution in [3.8, 4) is 17.4 Å². The van der Waals surface area contributed by atoms with E-state index in [0.717, 1.165) is 0 Å². The Morgan fingerprint density at radius 2 is 1.90 bits per heavy atom. The SMILES string of the molecule is O=c1[nH]c2cc(Cl)ccc2nc1Oc1ccc(O)cc1. The number of nitrogens with zero attached hydrogens (tertiary/aromatic N) is 1. The minimum Gasteiger partial charge on any atom is -0.508 e. The van der Waals surface area contributed by atoms with E-state index in [1.807, 2.05) is 0 Å². The number of ether oxygens (including phenoxy) is 1. The number of phenolic OH excluding ortho intramolecular Hbond substituents is 1. The fourth-order valence-electron chi connectivity index (χ4n) is 1.74. The van der Waals surface area contributed by atoms with Crippen molar-refractivity contribution in [2.45, 2.75) is 0 Å². The van der Waals surface area contributed by atoms with Crippen LogP contribution >= 0.6 is 11.6 Å². The standard InChI is InChI=1S/C14H9ClN2O3/c15-8-1-6-11-12(7-8)16-13(19)14(17-11)20-10-4-2-9(18)3-5-10/h1-7,18H,(H,16,19). The van der Waals surface area contributed by atoms with Gasteiger partial charge in [-0.25, -0.2) is 4.98 Å². The zero-order valence-corrected chi connectivity index (χ0v) is 10.9. The van der Waals surface area contributed by atoms with E-state index in [4.69, 9.17) is 16.3 Å². The van der Waals surface area contributed by atoms with Crippen LogP contribution in [0.2, 0.25) is 5.02 Å². The lowest BCUT2D eigenvalue weighted by Gasteiger charge is -2.05. The van der Waals surface area contributed by atoms with E-state index in [1.165, 1.54) is 12.1 Å². The van der Waals surface area contributed by atoms with Crippen LogP contribution in [0.3, 0.4) is 0 Å². The molecule has 0 fully saturated rings. The highest BCUT2D eigenvalue weighted by Crippen LogP contribution is 2.21. The molecule has 20 heavy (non-hydrogen) atoms. The second-order valence-corrected chi connectivity index (χ2v) is 4.56. The van der Waals surface area contributed by atoms with E-state index >= 15 is 0 Å². The van der Waals surface area contributed by atoms with Gasteiger partial charge in [-0.05, 0) is 42.5 Å². The third-order valence-corrected chi connectivity index (χ3v) is 2.91. The molecule has 5 nitrogen and oxygen atoms in total. The number of rotatable bonds is 2. The third-order valence-electron chi connectivity index (χ3n) is 2.67. The van der Waals surface area contributed by atoms with E-state index in [0.29, 0.717) is 21.8 Å². The van der Waals surface area contributed by atoms with Crippen LogP contribution in [0.15, 0.2) is 47.3 Å². The Bertz CT molecular complexity index is 828. The average molecular weight is 289 g/mol. The Kier molecular flexibility index (Phi) is 3.04. The first-order chi connectivity index (χ1) is 9.61. The molecular weight excluding hydrogens is 280 g/mol. The van der Waals surface area contributed by atoms with Crippen molar-refractivity contribution < 1.29 is 9.84 Å². The molecule has 0 aliphatic rings. The van der Waals surface area contributed by atoms with Gasteiger partial charge in [-0.2, -0.15) is 0 Å². The van der Waals surface area contributed by atoms with Gasteiger partial charge in [-0.3, -0.25) is 4.79 Å². The fraction of sp³-hybridized carbons (Fsp3) is 0. The maximum atomic E-state index is 11.9. The number of halogens is 1. The van der Waals surface area contributed by atoms with Gasteiger partial charge in [-0.1, -0.05) is 11.6 Å². The molecule has 0 atom stereocenters. The fourth-order valence-corrected chi connectivity index (χ4v) is 1.91. The molecule has 1 aromatic heterocycles. The van der Waals surface area contributed by atoms with Gasteiger partial charge < -0.3 is 14.8 Å². The topological polar surface area (TPSA) is 75.2 Å². The van der Waals surface area contributed by atoms with Gasteiger partial charge in [0, 0.05) is 5.02 Å². The van der Waals surface area contributed by atoms with Crippen molar-refractivity contribution in [3.05, 3.63) is 57.8 Å². The third kappa shape index (κ3) is 2.44. The number of nitrogens with one attached hydrogen (secondary N) is 1. The monoisotopic (exact) mass is 288 g/mol. The molecule has 0 aliphatic heterocycles. The first-order valence-corrected chi connectivity index (χ1v) is 6.16. The van der Waals surface area contributed by atoms with Crippen LogP contribution in [0.5, 0.6) is 17.4 Å². The first-order valence-electron chi connectivity index (χ1n) is 5.78. The lowest BCUT2D eigenvalue weighted by Crippen LogP contribution is -2.10. The summed E-state index contributed by atoms with van der Waals surface area (Å²) in [5.41, 5.74) is 0.663. The van der Waals surface area contributed by atoms with Gasteiger partial charge in [0.25, 0.3) is 5.88 Å². The molecule has 1 heterocycles. The molecule has 0 saturated carbocycles. The number of fused-ring (bicyclic) bond motifs is 1. The average Bonchev–Trinajstić information content (AvgIpc) is 2.42. The number of aromatic nitrogens is 2. The molecule has 3 aromatic rings. The van der Waals surface area contributed by atoms with Gasteiger partial charge in [0.1, 0.15) is 11.5 Å². The maximum absolute atomic E-state index is 11.9. The Hall–Kier alpha value is -2.53. The minimum absolute atomic E-state index is 0.0643. The van der Waals surface area contributed by atoms with Crippen molar-refractivity contribution in [1.82, 2.24) is 9.97 Å². The summed E-state index contributed by atoms with van der Waals surface area (Å²) in [7, 11) is 0. The summed E-state index contributed by atoms with van der Waals surface area (Å²) >= 11 is 5.85. The Morgan fingerprint density at radius 1 is 1.15 bits per heavy atom. The second kappa shape index (κ2) is 4.86. The molecule has 100 valence electrons. The summed E-state index contributed by atoms with van der Waals surface area (Å²) in [5.74, 6) is 0.465. The van der Waals surface area contributed by atoms with Crippen LogP contribution in [-0.4, -0.2) is 15.1 Å². The van der Waals surface area contributed by atoms with Crippen molar-refractivity contribution >= 4 is 22.6 Å². The predicted octanol–water partition coefficient (Wildman–Crippen LogP) is 3.07. The molecule has 6 heteroatoms. The molecule has 3 rings (SSSR count). The van der Waals surface area contributed by atoms with Crippen LogP contribution in [-0.2, 0) is 0 Å². The first kappa shape index (κ1) is 12.5. The normalized spacial score (nSPS) is 10.7. The molecule has 2 aromatic carbocycles. The maximum Gasteiger partial charge on any atom is 0.311 e. The van der Waals surface area contributed by atoms with Gasteiger partial charge in [0.05, 0.1) is 11.0 Å². The smallest absolute Gasteiger partial charge is 0.311 e. The highest BCUT2D eigenvalue weighted by Gasteiger charge is 2.07. The Labute approximate surface area is 118 Å². The Balaban J connectivity index is 2.03. The van der Waals surface area contributed by atoms with Crippen molar-refractivity contribution in [1.29, 1.82) is 0 Å². The second-order valence-electron chi connectivity index (χ2n) is 4.13. The molecule has 0 amide bonds. The number of hydrogen-bond acceptors (Lipinski definition) is 4. The van der Waals surface area contributed by atoms with E-state index < -0.39 is 5.56 Å². The van der Waals surface area contributed by atoms with E-state index in [1.54, 1.807) is 30.3 Å². The zero-order valence-electron chi connectivity index (χ0n) is 10.1. The quantitative estimate of drug-likeness (QED) is 0.760. The van der Waals surface area contributed by atoms with Crippen LogP contribution in [0.25, 0.3) is 11.0 Å². The van der Waals surface area contributed by atoms with Crippen molar-refractivity contribution in [3.63, 3.8) is 0 Å². The molecule has 0 bridgehead atoms. The number of aromatic amines is 1. The van der Waals surface area contributed by atoms with E-state index in [2.05, 4.69) is 9.97 Å². The number of benzene rings is 2. The lowest BCUT2D eigenvalue weighted by atomic mass is 10.3. The summed E-state index contributed by atoms with van der Waals surface area (Å²) in [6.45, 7) is 0. The van der Waals surface area contributed by atoms with Crippen molar-refractivity contribution in [2.24, 2.45) is 0 Å². The van der Waals surface area contributed by atoms with Crippen LogP contribution in [0.1, 0.15) is 0 Å². The molecule has 0 aliphatic carbocycles. The number of phenols is 1. The lowest BCUT2D eigenvalue weighted by molar-refractivity contribution is 0.450. The molecule has 0 unspecified atom stereocenters.